The van der Waals surface area contributed by atoms with Crippen molar-refractivity contribution in [1.82, 2.24) is 14.5 Å². The highest BCUT2D eigenvalue weighted by Gasteiger charge is 2.64. The monoisotopic (exact) mass is 589 g/mol. The number of anilines is 2. The minimum atomic E-state index is -1.56. The molecule has 4 heterocycles. The number of hydrogen-bond donors (Lipinski definition) is 1. The zero-order valence-electron chi connectivity index (χ0n) is 23.5. The molecular weight excluding hydrogens is 561 g/mol. The van der Waals surface area contributed by atoms with Crippen molar-refractivity contribution in [2.45, 2.75) is 52.1 Å². The van der Waals surface area contributed by atoms with E-state index in [4.69, 9.17) is 32.9 Å². The van der Waals surface area contributed by atoms with Gasteiger partial charge >= 0.3 is 0 Å². The summed E-state index contributed by atoms with van der Waals surface area (Å²) in [5.74, 6) is 0.485. The summed E-state index contributed by atoms with van der Waals surface area (Å²) in [5, 5.41) is 3.91. The topological polar surface area (TPSA) is 89.3 Å². The number of methoxy groups -OCH3 is 1. The van der Waals surface area contributed by atoms with Gasteiger partial charge in [-0.3, -0.25) is 19.5 Å². The van der Waals surface area contributed by atoms with Crippen LogP contribution in [0.25, 0.3) is 11.4 Å². The highest BCUT2D eigenvalue weighted by molar-refractivity contribution is 6.32. The summed E-state index contributed by atoms with van der Waals surface area (Å²) < 4.78 is 7.73. The van der Waals surface area contributed by atoms with Gasteiger partial charge in [-0.1, -0.05) is 49.2 Å². The quantitative estimate of drug-likeness (QED) is 0.267. The van der Waals surface area contributed by atoms with Gasteiger partial charge in [0, 0.05) is 45.3 Å². The van der Waals surface area contributed by atoms with Gasteiger partial charge in [-0.15, -0.1) is 0 Å². The van der Waals surface area contributed by atoms with E-state index in [9.17, 15) is 9.59 Å². The Labute approximate surface area is 248 Å². The third kappa shape index (κ3) is 3.81. The van der Waals surface area contributed by atoms with Crippen LogP contribution in [-0.4, -0.2) is 33.5 Å². The van der Waals surface area contributed by atoms with Crippen LogP contribution in [0.15, 0.2) is 48.7 Å². The van der Waals surface area contributed by atoms with Crippen LogP contribution in [0.5, 0.6) is 5.75 Å². The number of carbonyl (C=O) groups is 2. The molecule has 2 aliphatic rings. The van der Waals surface area contributed by atoms with Crippen molar-refractivity contribution in [3.8, 4) is 17.1 Å². The SMILES string of the molecule is COc1cc(C(C)C)ncc1-c1nc2c(n1C(C)C)[C@@]1(C(=O)Nc3cc(Cl)ccc31)N(c1cc(Cl)ccc1C)C2=O. The molecule has 0 saturated carbocycles. The highest BCUT2D eigenvalue weighted by atomic mass is 35.5. The van der Waals surface area contributed by atoms with Crippen molar-refractivity contribution >= 4 is 46.4 Å². The Morgan fingerprint density at radius 1 is 1.00 bits per heavy atom. The number of aromatic nitrogens is 3. The molecular formula is C31H29Cl2N5O3. The average molecular weight is 591 g/mol. The summed E-state index contributed by atoms with van der Waals surface area (Å²) in [4.78, 5) is 40.0. The van der Waals surface area contributed by atoms with E-state index < -0.39 is 11.4 Å². The van der Waals surface area contributed by atoms with E-state index in [1.54, 1.807) is 43.6 Å². The Kier molecular flexibility index (Phi) is 6.39. The van der Waals surface area contributed by atoms with Gasteiger partial charge in [0.25, 0.3) is 11.8 Å². The smallest absolute Gasteiger partial charge is 0.280 e. The third-order valence-corrected chi connectivity index (χ3v) is 8.28. The molecule has 2 aromatic carbocycles. The number of halogens is 2. The molecule has 8 nitrogen and oxygen atoms in total. The normalized spacial score (nSPS) is 17.6. The molecule has 0 fully saturated rings. The van der Waals surface area contributed by atoms with Crippen molar-refractivity contribution in [2.75, 3.05) is 17.3 Å². The van der Waals surface area contributed by atoms with E-state index in [1.807, 2.05) is 37.5 Å². The van der Waals surface area contributed by atoms with Gasteiger partial charge in [0.15, 0.2) is 11.2 Å². The average Bonchev–Trinajstić information content (AvgIpc) is 3.53. The van der Waals surface area contributed by atoms with Crippen LogP contribution in [0.3, 0.4) is 0 Å². The Morgan fingerprint density at radius 2 is 1.71 bits per heavy atom. The molecule has 0 radical (unpaired) electrons. The first-order valence-electron chi connectivity index (χ1n) is 13.4. The van der Waals surface area contributed by atoms with Gasteiger partial charge in [0.2, 0.25) is 0 Å². The summed E-state index contributed by atoms with van der Waals surface area (Å²) in [7, 11) is 1.60. The molecule has 4 aromatic rings. The van der Waals surface area contributed by atoms with E-state index in [2.05, 4.69) is 24.1 Å². The van der Waals surface area contributed by atoms with Crippen molar-refractivity contribution in [3.63, 3.8) is 0 Å². The van der Waals surface area contributed by atoms with Crippen LogP contribution in [0.1, 0.15) is 72.7 Å². The predicted octanol–water partition coefficient (Wildman–Crippen LogP) is 7.13. The second-order valence-corrected chi connectivity index (χ2v) is 11.9. The van der Waals surface area contributed by atoms with Crippen molar-refractivity contribution < 1.29 is 14.3 Å². The number of aryl methyl sites for hydroxylation is 1. The zero-order valence-corrected chi connectivity index (χ0v) is 25.1. The lowest BCUT2D eigenvalue weighted by molar-refractivity contribution is -0.119. The largest absolute Gasteiger partial charge is 0.496 e. The molecule has 2 aromatic heterocycles. The van der Waals surface area contributed by atoms with E-state index in [1.165, 1.54) is 4.90 Å². The van der Waals surface area contributed by atoms with Gasteiger partial charge in [-0.2, -0.15) is 0 Å². The molecule has 2 amide bonds. The molecule has 0 unspecified atom stereocenters. The molecule has 0 bridgehead atoms. The fourth-order valence-corrected chi connectivity index (χ4v) is 6.27. The van der Waals surface area contributed by atoms with Gasteiger partial charge in [0.05, 0.1) is 24.1 Å². The van der Waals surface area contributed by atoms with Crippen LogP contribution >= 0.6 is 23.2 Å². The number of nitrogens with zero attached hydrogens (tertiary/aromatic N) is 4. The van der Waals surface area contributed by atoms with Crippen molar-refractivity contribution in [1.29, 1.82) is 0 Å². The minimum Gasteiger partial charge on any atom is -0.496 e. The number of rotatable bonds is 5. The lowest BCUT2D eigenvalue weighted by atomic mass is 9.86. The van der Waals surface area contributed by atoms with E-state index in [-0.39, 0.29) is 23.6 Å². The summed E-state index contributed by atoms with van der Waals surface area (Å²) in [5.41, 5.74) is 3.04. The maximum absolute atomic E-state index is 14.5. The Balaban J connectivity index is 1.72. The van der Waals surface area contributed by atoms with E-state index in [0.29, 0.717) is 49.8 Å². The van der Waals surface area contributed by atoms with E-state index in [0.717, 1.165) is 11.3 Å². The van der Waals surface area contributed by atoms with Gasteiger partial charge < -0.3 is 14.6 Å². The summed E-state index contributed by atoms with van der Waals surface area (Å²) in [6.45, 7) is 9.99. The predicted molar refractivity (Wildman–Crippen MR) is 160 cm³/mol. The fourth-order valence-electron chi connectivity index (χ4n) is 5.93. The van der Waals surface area contributed by atoms with Crippen molar-refractivity contribution in [2.24, 2.45) is 0 Å². The lowest BCUT2D eigenvalue weighted by Crippen LogP contribution is -2.51. The number of nitrogens with one attached hydrogen (secondary N) is 1. The standard InChI is InChI=1S/C31H29Cl2N5O3/c1-15(2)22-13-25(41-6)20(14-34-22)28-36-26-27(37(28)16(3)4)31(21-10-9-18(32)11-23(21)35-30(31)40)38(29(26)39)24-12-19(33)8-7-17(24)5/h7-16H,1-6H3,(H,35,40)/t31-/m0/s1. The second-order valence-electron chi connectivity index (χ2n) is 11.0. The van der Waals surface area contributed by atoms with Crippen LogP contribution in [-0.2, 0) is 10.3 Å². The Hall–Kier alpha value is -3.88. The minimum absolute atomic E-state index is 0.181. The Morgan fingerprint density at radius 3 is 2.39 bits per heavy atom. The third-order valence-electron chi connectivity index (χ3n) is 7.81. The number of pyridine rings is 1. The van der Waals surface area contributed by atoms with Crippen molar-refractivity contribution in [3.05, 3.63) is 86.9 Å². The molecule has 0 saturated heterocycles. The highest BCUT2D eigenvalue weighted by Crippen LogP contribution is 2.55. The molecule has 0 aliphatic carbocycles. The Bertz CT molecular complexity index is 1760. The first kappa shape index (κ1) is 27.3. The van der Waals surface area contributed by atoms with Gasteiger partial charge in [0.1, 0.15) is 11.6 Å². The molecule has 10 heteroatoms. The molecule has 6 rings (SSSR count). The number of hydrogen-bond acceptors (Lipinski definition) is 5. The fraction of sp³-hybridized carbons (Fsp3) is 0.290. The number of benzene rings is 2. The van der Waals surface area contributed by atoms with Gasteiger partial charge in [-0.25, -0.2) is 4.98 Å². The zero-order chi connectivity index (χ0) is 29.4. The molecule has 41 heavy (non-hydrogen) atoms. The number of fused-ring (bicyclic) bond motifs is 4. The van der Waals surface area contributed by atoms with Crippen LogP contribution in [0.2, 0.25) is 10.0 Å². The summed E-state index contributed by atoms with van der Waals surface area (Å²) >= 11 is 12.8. The molecule has 1 atom stereocenters. The number of amides is 2. The molecule has 2 aliphatic heterocycles. The second kappa shape index (κ2) is 9.60. The molecule has 1 N–H and O–H groups in total. The van der Waals surface area contributed by atoms with E-state index >= 15 is 0 Å². The first-order valence-corrected chi connectivity index (χ1v) is 14.1. The number of carbonyl (C=O) groups excluding carboxylic acids is 2. The lowest BCUT2D eigenvalue weighted by Gasteiger charge is -2.36. The van der Waals surface area contributed by atoms with Crippen LogP contribution < -0.4 is 15.0 Å². The first-order chi connectivity index (χ1) is 19.5. The number of imidazole rings is 1. The molecule has 1 spiro atoms. The maximum Gasteiger partial charge on any atom is 0.280 e. The van der Waals surface area contributed by atoms with Crippen LogP contribution in [0, 0.1) is 6.92 Å². The number of ether oxygens (including phenoxy) is 1. The summed E-state index contributed by atoms with van der Waals surface area (Å²) in [6.07, 6.45) is 1.73. The molecule has 210 valence electrons. The van der Waals surface area contributed by atoms with Gasteiger partial charge in [-0.05, 0) is 56.5 Å². The summed E-state index contributed by atoms with van der Waals surface area (Å²) in [6, 6.07) is 12.2. The van der Waals surface area contributed by atoms with Crippen LogP contribution in [0.4, 0.5) is 11.4 Å². The maximum atomic E-state index is 14.5.